The Morgan fingerprint density at radius 1 is 1.33 bits per heavy atom. The average molecular weight is 284 g/mol. The maximum atomic E-state index is 13.1. The van der Waals surface area contributed by atoms with Crippen molar-refractivity contribution in [2.75, 3.05) is 0 Å². The number of halogens is 1. The molecule has 0 atom stereocenters. The summed E-state index contributed by atoms with van der Waals surface area (Å²) >= 11 is 0. The van der Waals surface area contributed by atoms with E-state index < -0.39 is 0 Å². The fourth-order valence-electron chi connectivity index (χ4n) is 1.85. The third-order valence-electron chi connectivity index (χ3n) is 3.07. The number of aromatic hydroxyl groups is 1. The standard InChI is InChI=1S/C16H13FN2O2/c1-10-6-12(4-5-14(10)17)16(21)19-9-13-3-2-11(8-18)7-15(13)20/h2-7,20H,9H2,1H3,(H,19,21). The Kier molecular flexibility index (Phi) is 4.19. The van der Waals surface area contributed by atoms with E-state index in [4.69, 9.17) is 5.26 Å². The smallest absolute Gasteiger partial charge is 0.251 e. The molecule has 0 bridgehead atoms. The Morgan fingerprint density at radius 3 is 2.71 bits per heavy atom. The number of carbonyl (C=O) groups is 1. The van der Waals surface area contributed by atoms with Crippen LogP contribution in [-0.2, 0) is 6.54 Å². The zero-order valence-electron chi connectivity index (χ0n) is 11.4. The van der Waals surface area contributed by atoms with Gasteiger partial charge < -0.3 is 10.4 Å². The fourth-order valence-corrected chi connectivity index (χ4v) is 1.85. The lowest BCUT2D eigenvalue weighted by Gasteiger charge is -2.08. The average Bonchev–Trinajstić information content (AvgIpc) is 2.48. The number of aryl methyl sites for hydroxylation is 1. The van der Waals surface area contributed by atoms with E-state index in [9.17, 15) is 14.3 Å². The molecule has 0 fully saturated rings. The first kappa shape index (κ1) is 14.5. The minimum absolute atomic E-state index is 0.0513. The number of amides is 1. The molecule has 106 valence electrons. The number of nitrogens with one attached hydrogen (secondary N) is 1. The molecule has 0 saturated carbocycles. The number of phenols is 1. The molecule has 0 aromatic heterocycles. The van der Waals surface area contributed by atoms with Gasteiger partial charge in [0.05, 0.1) is 11.6 Å². The van der Waals surface area contributed by atoms with Gasteiger partial charge in [0.1, 0.15) is 11.6 Å². The maximum Gasteiger partial charge on any atom is 0.251 e. The maximum absolute atomic E-state index is 13.1. The van der Waals surface area contributed by atoms with Crippen molar-refractivity contribution >= 4 is 5.91 Å². The van der Waals surface area contributed by atoms with Gasteiger partial charge in [-0.15, -0.1) is 0 Å². The highest BCUT2D eigenvalue weighted by Gasteiger charge is 2.09. The van der Waals surface area contributed by atoms with Crippen LogP contribution in [0.3, 0.4) is 0 Å². The molecule has 4 nitrogen and oxygen atoms in total. The summed E-state index contributed by atoms with van der Waals surface area (Å²) in [5.74, 6) is -0.775. The molecule has 0 saturated heterocycles. The number of nitriles is 1. The monoisotopic (exact) mass is 284 g/mol. The zero-order valence-corrected chi connectivity index (χ0v) is 11.4. The number of hydrogen-bond donors (Lipinski definition) is 2. The van der Waals surface area contributed by atoms with Crippen LogP contribution in [0.5, 0.6) is 5.75 Å². The Bertz CT molecular complexity index is 736. The van der Waals surface area contributed by atoms with Crippen LogP contribution in [0.25, 0.3) is 0 Å². The largest absolute Gasteiger partial charge is 0.508 e. The van der Waals surface area contributed by atoms with Crippen LogP contribution in [0.4, 0.5) is 4.39 Å². The van der Waals surface area contributed by atoms with Crippen LogP contribution < -0.4 is 5.32 Å². The van der Waals surface area contributed by atoms with Crippen LogP contribution in [0.15, 0.2) is 36.4 Å². The molecule has 2 aromatic rings. The second kappa shape index (κ2) is 6.06. The van der Waals surface area contributed by atoms with Crippen LogP contribution in [0.1, 0.15) is 27.0 Å². The SMILES string of the molecule is Cc1cc(C(=O)NCc2ccc(C#N)cc2O)ccc1F. The van der Waals surface area contributed by atoms with E-state index in [1.807, 2.05) is 6.07 Å². The topological polar surface area (TPSA) is 73.1 Å². The normalized spacial score (nSPS) is 9.95. The zero-order chi connectivity index (χ0) is 15.4. The van der Waals surface area contributed by atoms with Crippen molar-refractivity contribution in [1.29, 1.82) is 5.26 Å². The van der Waals surface area contributed by atoms with Gasteiger partial charge in [0.15, 0.2) is 0 Å². The van der Waals surface area contributed by atoms with Gasteiger partial charge >= 0.3 is 0 Å². The summed E-state index contributed by atoms with van der Waals surface area (Å²) in [6.07, 6.45) is 0. The Labute approximate surface area is 121 Å². The highest BCUT2D eigenvalue weighted by atomic mass is 19.1. The lowest BCUT2D eigenvalue weighted by atomic mass is 10.1. The van der Waals surface area contributed by atoms with Gasteiger partial charge in [0.25, 0.3) is 5.91 Å². The summed E-state index contributed by atoms with van der Waals surface area (Å²) in [6, 6.07) is 10.5. The molecule has 0 radical (unpaired) electrons. The van der Waals surface area contributed by atoms with Crippen molar-refractivity contribution in [3.63, 3.8) is 0 Å². The van der Waals surface area contributed by atoms with Crippen LogP contribution >= 0.6 is 0 Å². The van der Waals surface area contributed by atoms with E-state index >= 15 is 0 Å². The van der Waals surface area contributed by atoms with Crippen molar-refractivity contribution in [1.82, 2.24) is 5.32 Å². The van der Waals surface area contributed by atoms with Gasteiger partial charge in [-0.3, -0.25) is 4.79 Å². The van der Waals surface area contributed by atoms with Crippen molar-refractivity contribution in [2.24, 2.45) is 0 Å². The Balaban J connectivity index is 2.07. The summed E-state index contributed by atoms with van der Waals surface area (Å²) < 4.78 is 13.1. The molecule has 2 N–H and O–H groups in total. The number of benzene rings is 2. The Hall–Kier alpha value is -2.87. The molecule has 0 unspecified atom stereocenters. The van der Waals surface area contributed by atoms with Gasteiger partial charge in [-0.2, -0.15) is 5.26 Å². The minimum Gasteiger partial charge on any atom is -0.508 e. The third kappa shape index (κ3) is 3.37. The highest BCUT2D eigenvalue weighted by Crippen LogP contribution is 2.18. The Morgan fingerprint density at radius 2 is 2.10 bits per heavy atom. The first-order chi connectivity index (χ1) is 10.0. The lowest BCUT2D eigenvalue weighted by Crippen LogP contribution is -2.23. The van der Waals surface area contributed by atoms with Crippen molar-refractivity contribution in [3.05, 3.63) is 64.5 Å². The van der Waals surface area contributed by atoms with E-state index in [2.05, 4.69) is 5.32 Å². The summed E-state index contributed by atoms with van der Waals surface area (Å²) in [5.41, 5.74) is 1.59. The van der Waals surface area contributed by atoms with E-state index in [0.29, 0.717) is 22.3 Å². The predicted octanol–water partition coefficient (Wildman–Crippen LogP) is 2.64. The molecule has 0 aliphatic rings. The summed E-state index contributed by atoms with van der Waals surface area (Å²) in [7, 11) is 0. The van der Waals surface area contributed by atoms with Crippen molar-refractivity contribution in [3.8, 4) is 11.8 Å². The number of hydrogen-bond acceptors (Lipinski definition) is 3. The van der Waals surface area contributed by atoms with Crippen molar-refractivity contribution < 1.29 is 14.3 Å². The summed E-state index contributed by atoms with van der Waals surface area (Å²) in [4.78, 5) is 11.9. The molecule has 5 heteroatoms. The first-order valence-electron chi connectivity index (χ1n) is 6.27. The third-order valence-corrected chi connectivity index (χ3v) is 3.07. The van der Waals surface area contributed by atoms with Gasteiger partial charge in [-0.05, 0) is 42.8 Å². The van der Waals surface area contributed by atoms with E-state index in [-0.39, 0.29) is 24.0 Å². The molecule has 2 aromatic carbocycles. The number of nitrogens with zero attached hydrogens (tertiary/aromatic N) is 1. The van der Waals surface area contributed by atoms with Crippen LogP contribution in [0.2, 0.25) is 0 Å². The van der Waals surface area contributed by atoms with Crippen LogP contribution in [0, 0.1) is 24.1 Å². The molecule has 0 aliphatic heterocycles. The van der Waals surface area contributed by atoms with E-state index in [1.165, 1.54) is 24.3 Å². The van der Waals surface area contributed by atoms with E-state index in [0.717, 1.165) is 0 Å². The molecular formula is C16H13FN2O2. The second-order valence-electron chi connectivity index (χ2n) is 4.60. The summed E-state index contributed by atoms with van der Waals surface area (Å²) in [6.45, 7) is 1.70. The van der Waals surface area contributed by atoms with Gasteiger partial charge in [0.2, 0.25) is 0 Å². The predicted molar refractivity (Wildman–Crippen MR) is 75.1 cm³/mol. The molecule has 0 aliphatic carbocycles. The quantitative estimate of drug-likeness (QED) is 0.910. The van der Waals surface area contributed by atoms with Gasteiger partial charge in [-0.25, -0.2) is 4.39 Å². The van der Waals surface area contributed by atoms with Gasteiger partial charge in [0, 0.05) is 17.7 Å². The molecule has 0 heterocycles. The van der Waals surface area contributed by atoms with Crippen LogP contribution in [-0.4, -0.2) is 11.0 Å². The van der Waals surface area contributed by atoms with E-state index in [1.54, 1.807) is 19.1 Å². The molecule has 2 rings (SSSR count). The number of rotatable bonds is 3. The molecule has 0 spiro atoms. The molecule has 21 heavy (non-hydrogen) atoms. The highest BCUT2D eigenvalue weighted by molar-refractivity contribution is 5.94. The minimum atomic E-state index is -0.365. The molecular weight excluding hydrogens is 271 g/mol. The molecule has 1 amide bonds. The first-order valence-corrected chi connectivity index (χ1v) is 6.27. The fraction of sp³-hybridized carbons (Fsp3) is 0.125. The number of carbonyl (C=O) groups excluding carboxylic acids is 1. The van der Waals surface area contributed by atoms with Gasteiger partial charge in [-0.1, -0.05) is 6.07 Å². The number of phenolic OH excluding ortho intramolecular Hbond substituents is 1. The summed E-state index contributed by atoms with van der Waals surface area (Å²) in [5, 5.41) is 21.1. The lowest BCUT2D eigenvalue weighted by molar-refractivity contribution is 0.0950. The van der Waals surface area contributed by atoms with Crippen molar-refractivity contribution in [2.45, 2.75) is 13.5 Å². The second-order valence-corrected chi connectivity index (χ2v) is 4.60.